The number of fused-ring (bicyclic) bond motifs is 1. The van der Waals surface area contributed by atoms with Gasteiger partial charge in [-0.15, -0.1) is 11.3 Å². The maximum Gasteiger partial charge on any atom is 0.140 e. The predicted octanol–water partition coefficient (Wildman–Crippen LogP) is 2.35. The Balaban J connectivity index is 2.43. The summed E-state index contributed by atoms with van der Waals surface area (Å²) in [6.45, 7) is 2.75. The molecule has 2 heterocycles. The minimum absolute atomic E-state index is 0.505. The van der Waals surface area contributed by atoms with Crippen LogP contribution in [0.3, 0.4) is 0 Å². The summed E-state index contributed by atoms with van der Waals surface area (Å²) >= 11 is 1.63. The fourth-order valence-electron chi connectivity index (χ4n) is 1.61. The van der Waals surface area contributed by atoms with Gasteiger partial charge in [0.1, 0.15) is 17.0 Å². The molecule has 2 rings (SSSR count). The number of nitrogens with zero attached hydrogens (tertiary/aromatic N) is 4. The number of aromatic nitrogens is 2. The van der Waals surface area contributed by atoms with Crippen molar-refractivity contribution in [3.63, 3.8) is 0 Å². The van der Waals surface area contributed by atoms with E-state index in [0.29, 0.717) is 13.0 Å². The fourth-order valence-corrected chi connectivity index (χ4v) is 2.50. The molecule has 0 aliphatic rings. The largest absolute Gasteiger partial charge is 0.358 e. The van der Waals surface area contributed by atoms with Gasteiger partial charge in [0.05, 0.1) is 17.9 Å². The molecule has 0 aromatic carbocycles. The maximum absolute atomic E-state index is 8.58. The van der Waals surface area contributed by atoms with Crippen LogP contribution in [0.4, 0.5) is 5.82 Å². The number of nitriles is 1. The topological polar surface area (TPSA) is 52.8 Å². The van der Waals surface area contributed by atoms with E-state index in [1.807, 2.05) is 11.9 Å². The number of anilines is 1. The normalized spacial score (nSPS) is 10.3. The van der Waals surface area contributed by atoms with Gasteiger partial charge in [-0.3, -0.25) is 0 Å². The molecule has 0 spiro atoms. The van der Waals surface area contributed by atoms with Crippen molar-refractivity contribution >= 4 is 27.4 Å². The summed E-state index contributed by atoms with van der Waals surface area (Å²) in [5.74, 6) is 0.916. The Morgan fingerprint density at radius 3 is 3.06 bits per heavy atom. The molecule has 5 heteroatoms. The molecule has 0 fully saturated rings. The summed E-state index contributed by atoms with van der Waals surface area (Å²) < 4.78 is 0. The van der Waals surface area contributed by atoms with Crippen LogP contribution in [-0.4, -0.2) is 23.6 Å². The van der Waals surface area contributed by atoms with Crippen LogP contribution in [0.2, 0.25) is 0 Å². The third-order valence-electron chi connectivity index (χ3n) is 2.45. The predicted molar refractivity (Wildman–Crippen MR) is 65.7 cm³/mol. The van der Waals surface area contributed by atoms with Crippen molar-refractivity contribution in [1.82, 2.24) is 9.97 Å². The van der Waals surface area contributed by atoms with Gasteiger partial charge in [-0.05, 0) is 17.9 Å². The molecule has 0 atom stereocenters. The molecule has 0 unspecified atom stereocenters. The Hall–Kier alpha value is -1.67. The van der Waals surface area contributed by atoms with E-state index in [-0.39, 0.29) is 0 Å². The number of hydrogen-bond donors (Lipinski definition) is 0. The van der Waals surface area contributed by atoms with Gasteiger partial charge in [0.15, 0.2) is 0 Å². The Morgan fingerprint density at radius 2 is 2.31 bits per heavy atom. The van der Waals surface area contributed by atoms with E-state index in [9.17, 15) is 0 Å². The van der Waals surface area contributed by atoms with Gasteiger partial charge in [0.25, 0.3) is 0 Å². The molecule has 82 valence electrons. The second-order valence-electron chi connectivity index (χ2n) is 3.63. The van der Waals surface area contributed by atoms with Crippen LogP contribution >= 0.6 is 11.3 Å². The zero-order valence-electron chi connectivity index (χ0n) is 9.27. The molecular weight excluding hydrogens is 220 g/mol. The molecule has 4 nitrogen and oxygen atoms in total. The lowest BCUT2D eigenvalue weighted by Crippen LogP contribution is -2.19. The van der Waals surface area contributed by atoms with Crippen LogP contribution in [-0.2, 0) is 0 Å². The average Bonchev–Trinajstić information content (AvgIpc) is 2.68. The van der Waals surface area contributed by atoms with Crippen LogP contribution in [0.5, 0.6) is 0 Å². The van der Waals surface area contributed by atoms with Crippen LogP contribution in [0.25, 0.3) is 10.2 Å². The summed E-state index contributed by atoms with van der Waals surface area (Å²) in [6.07, 6.45) is 2.08. The fraction of sp³-hybridized carbons (Fsp3) is 0.364. The Bertz CT molecular complexity index is 540. The van der Waals surface area contributed by atoms with E-state index in [0.717, 1.165) is 16.0 Å². The van der Waals surface area contributed by atoms with Gasteiger partial charge in [0, 0.05) is 13.6 Å². The molecule has 0 radical (unpaired) electrons. The summed E-state index contributed by atoms with van der Waals surface area (Å²) in [5.41, 5.74) is 1.19. The summed E-state index contributed by atoms with van der Waals surface area (Å²) in [4.78, 5) is 11.6. The van der Waals surface area contributed by atoms with Gasteiger partial charge < -0.3 is 4.90 Å². The van der Waals surface area contributed by atoms with Crippen molar-refractivity contribution in [2.24, 2.45) is 0 Å². The first-order valence-corrected chi connectivity index (χ1v) is 5.89. The van der Waals surface area contributed by atoms with Crippen molar-refractivity contribution in [2.75, 3.05) is 18.5 Å². The first kappa shape index (κ1) is 10.8. The third-order valence-corrected chi connectivity index (χ3v) is 3.46. The smallest absolute Gasteiger partial charge is 0.140 e. The van der Waals surface area contributed by atoms with Crippen molar-refractivity contribution in [3.8, 4) is 6.07 Å². The lowest BCUT2D eigenvalue weighted by atomic mass is 10.2. The molecule has 0 N–H and O–H groups in total. The van der Waals surface area contributed by atoms with E-state index in [1.165, 1.54) is 5.56 Å². The number of aryl methyl sites for hydroxylation is 1. The summed E-state index contributed by atoms with van der Waals surface area (Å²) in [7, 11) is 1.95. The zero-order valence-corrected chi connectivity index (χ0v) is 10.1. The minimum atomic E-state index is 0.505. The van der Waals surface area contributed by atoms with Crippen LogP contribution in [0, 0.1) is 18.3 Å². The maximum atomic E-state index is 8.58. The van der Waals surface area contributed by atoms with E-state index < -0.39 is 0 Å². The molecule has 0 bridgehead atoms. The minimum Gasteiger partial charge on any atom is -0.358 e. The zero-order chi connectivity index (χ0) is 11.5. The first-order chi connectivity index (χ1) is 7.74. The first-order valence-electron chi connectivity index (χ1n) is 5.01. The molecule has 16 heavy (non-hydrogen) atoms. The number of rotatable bonds is 3. The van der Waals surface area contributed by atoms with Gasteiger partial charge >= 0.3 is 0 Å². The molecule has 0 saturated carbocycles. The molecule has 2 aromatic heterocycles. The van der Waals surface area contributed by atoms with Crippen LogP contribution < -0.4 is 4.90 Å². The van der Waals surface area contributed by atoms with E-state index in [4.69, 9.17) is 5.26 Å². The van der Waals surface area contributed by atoms with Gasteiger partial charge in [-0.25, -0.2) is 9.97 Å². The van der Waals surface area contributed by atoms with Crippen molar-refractivity contribution in [3.05, 3.63) is 17.3 Å². The Morgan fingerprint density at radius 1 is 1.50 bits per heavy atom. The van der Waals surface area contributed by atoms with Gasteiger partial charge in [-0.1, -0.05) is 0 Å². The Kier molecular flexibility index (Phi) is 3.02. The molecule has 0 saturated heterocycles. The second kappa shape index (κ2) is 4.45. The lowest BCUT2D eigenvalue weighted by molar-refractivity contribution is 0.887. The standard InChI is InChI=1S/C11H12N4S/c1-8-6-16-11-9(8)10(13-7-14-11)15(2)5-3-4-12/h6-7H,3,5H2,1-2H3. The second-order valence-corrected chi connectivity index (χ2v) is 4.48. The number of thiophene rings is 1. The van der Waals surface area contributed by atoms with E-state index in [1.54, 1.807) is 17.7 Å². The highest BCUT2D eigenvalue weighted by molar-refractivity contribution is 7.17. The van der Waals surface area contributed by atoms with Crippen molar-refractivity contribution in [2.45, 2.75) is 13.3 Å². The highest BCUT2D eigenvalue weighted by Gasteiger charge is 2.11. The van der Waals surface area contributed by atoms with E-state index in [2.05, 4.69) is 28.3 Å². The average molecular weight is 232 g/mol. The third kappa shape index (κ3) is 1.84. The van der Waals surface area contributed by atoms with Crippen molar-refractivity contribution < 1.29 is 0 Å². The van der Waals surface area contributed by atoms with Crippen LogP contribution in [0.15, 0.2) is 11.7 Å². The molecule has 0 amide bonds. The van der Waals surface area contributed by atoms with Crippen LogP contribution in [0.1, 0.15) is 12.0 Å². The molecule has 2 aromatic rings. The number of hydrogen-bond acceptors (Lipinski definition) is 5. The molecule has 0 aliphatic heterocycles. The van der Waals surface area contributed by atoms with E-state index >= 15 is 0 Å². The monoisotopic (exact) mass is 232 g/mol. The Labute approximate surface area is 98.2 Å². The van der Waals surface area contributed by atoms with Gasteiger partial charge in [0.2, 0.25) is 0 Å². The highest BCUT2D eigenvalue weighted by Crippen LogP contribution is 2.29. The summed E-state index contributed by atoms with van der Waals surface area (Å²) in [6, 6.07) is 2.14. The lowest BCUT2D eigenvalue weighted by Gasteiger charge is -2.17. The highest BCUT2D eigenvalue weighted by atomic mass is 32.1. The molecular formula is C11H12N4S. The quantitative estimate of drug-likeness (QED) is 0.815. The van der Waals surface area contributed by atoms with Crippen molar-refractivity contribution in [1.29, 1.82) is 5.26 Å². The molecule has 0 aliphatic carbocycles. The summed E-state index contributed by atoms with van der Waals surface area (Å²) in [5, 5.41) is 11.8. The van der Waals surface area contributed by atoms with Gasteiger partial charge in [-0.2, -0.15) is 5.26 Å². The SMILES string of the molecule is Cc1csc2ncnc(N(C)CCC#N)c12.